The summed E-state index contributed by atoms with van der Waals surface area (Å²) in [6.45, 7) is 3.21. The molecule has 0 N–H and O–H groups in total. The van der Waals surface area contributed by atoms with Crippen LogP contribution in [0.3, 0.4) is 0 Å². The Kier molecular flexibility index (Phi) is 4.10. The maximum atomic E-state index is 12.7. The van der Waals surface area contributed by atoms with Crippen molar-refractivity contribution < 1.29 is 23.7 Å². The first kappa shape index (κ1) is 15.7. The van der Waals surface area contributed by atoms with Crippen LogP contribution in [-0.4, -0.2) is 62.5 Å². The van der Waals surface area contributed by atoms with Crippen molar-refractivity contribution in [2.75, 3.05) is 40.0 Å². The Balaban J connectivity index is 1.43. The summed E-state index contributed by atoms with van der Waals surface area (Å²) < 4.78 is 22.7. The zero-order valence-corrected chi connectivity index (χ0v) is 14.0. The normalized spacial score (nSPS) is 25.0. The highest BCUT2D eigenvalue weighted by Crippen LogP contribution is 2.37. The molecule has 0 saturated carbocycles. The molecule has 1 unspecified atom stereocenters. The van der Waals surface area contributed by atoms with E-state index in [4.69, 9.17) is 18.9 Å². The molecule has 0 radical (unpaired) electrons. The number of ether oxygens (including phenoxy) is 4. The molecular formula is C18H23NO5. The Bertz CT molecular complexity index is 626. The number of carbonyl (C=O) groups is 1. The lowest BCUT2D eigenvalue weighted by Gasteiger charge is -2.52. The number of carbonyl (C=O) groups excluding carboxylic acids is 1. The minimum Gasteiger partial charge on any atom is -0.490 e. The molecule has 4 rings (SSSR count). The lowest BCUT2D eigenvalue weighted by molar-refractivity contribution is -0.181. The van der Waals surface area contributed by atoms with Gasteiger partial charge in [-0.3, -0.25) is 4.79 Å². The van der Waals surface area contributed by atoms with E-state index in [9.17, 15) is 4.79 Å². The summed E-state index contributed by atoms with van der Waals surface area (Å²) >= 11 is 0. The fourth-order valence-corrected chi connectivity index (χ4v) is 3.68. The van der Waals surface area contributed by atoms with E-state index in [1.54, 1.807) is 19.2 Å². The molecule has 6 nitrogen and oxygen atoms in total. The van der Waals surface area contributed by atoms with Crippen molar-refractivity contribution in [2.24, 2.45) is 0 Å². The van der Waals surface area contributed by atoms with E-state index in [0.29, 0.717) is 50.0 Å². The average Bonchev–Trinajstić information content (AvgIpc) is 2.83. The Morgan fingerprint density at radius 1 is 1.21 bits per heavy atom. The van der Waals surface area contributed by atoms with Gasteiger partial charge in [-0.1, -0.05) is 0 Å². The third-order valence-corrected chi connectivity index (χ3v) is 5.02. The van der Waals surface area contributed by atoms with Gasteiger partial charge in [0.25, 0.3) is 5.91 Å². The first-order valence-electron chi connectivity index (χ1n) is 8.55. The van der Waals surface area contributed by atoms with Crippen LogP contribution in [0.2, 0.25) is 0 Å². The van der Waals surface area contributed by atoms with Gasteiger partial charge in [0.1, 0.15) is 5.60 Å². The predicted molar refractivity (Wildman–Crippen MR) is 86.7 cm³/mol. The van der Waals surface area contributed by atoms with E-state index >= 15 is 0 Å². The maximum Gasteiger partial charge on any atom is 0.254 e. The molecule has 1 spiro atoms. The number of benzene rings is 1. The monoisotopic (exact) mass is 333 g/mol. The van der Waals surface area contributed by atoms with E-state index in [1.165, 1.54) is 0 Å². The topological polar surface area (TPSA) is 57.2 Å². The molecule has 3 heterocycles. The van der Waals surface area contributed by atoms with Crippen molar-refractivity contribution in [1.82, 2.24) is 4.90 Å². The van der Waals surface area contributed by atoms with Crippen LogP contribution >= 0.6 is 0 Å². The third kappa shape index (κ3) is 2.84. The van der Waals surface area contributed by atoms with Crippen LogP contribution in [0, 0.1) is 0 Å². The molecule has 1 atom stereocenters. The van der Waals surface area contributed by atoms with Gasteiger partial charge in [0.15, 0.2) is 11.5 Å². The van der Waals surface area contributed by atoms with Gasteiger partial charge < -0.3 is 23.8 Å². The van der Waals surface area contributed by atoms with Crippen LogP contribution in [0.15, 0.2) is 18.2 Å². The highest BCUT2D eigenvalue weighted by molar-refractivity contribution is 5.95. The fraction of sp³-hybridized carbons (Fsp3) is 0.611. The van der Waals surface area contributed by atoms with Crippen molar-refractivity contribution in [3.8, 4) is 11.5 Å². The van der Waals surface area contributed by atoms with Crippen LogP contribution in [0.4, 0.5) is 0 Å². The second-order valence-electron chi connectivity index (χ2n) is 6.76. The molecule has 1 aromatic rings. The van der Waals surface area contributed by atoms with Crippen LogP contribution in [0.5, 0.6) is 11.5 Å². The van der Waals surface area contributed by atoms with Gasteiger partial charge in [0.2, 0.25) is 0 Å². The second-order valence-corrected chi connectivity index (χ2v) is 6.76. The molecule has 0 aliphatic carbocycles. The Hall–Kier alpha value is -1.79. The van der Waals surface area contributed by atoms with Crippen LogP contribution < -0.4 is 9.47 Å². The Morgan fingerprint density at radius 3 is 2.79 bits per heavy atom. The molecule has 1 aromatic carbocycles. The van der Waals surface area contributed by atoms with Crippen molar-refractivity contribution in [1.29, 1.82) is 0 Å². The summed E-state index contributed by atoms with van der Waals surface area (Å²) in [5.41, 5.74) is 0.410. The number of hydrogen-bond donors (Lipinski definition) is 0. The zero-order valence-electron chi connectivity index (χ0n) is 14.0. The van der Waals surface area contributed by atoms with Crippen molar-refractivity contribution in [3.05, 3.63) is 23.8 Å². The smallest absolute Gasteiger partial charge is 0.254 e. The summed E-state index contributed by atoms with van der Waals surface area (Å²) in [6, 6.07) is 5.41. The summed E-state index contributed by atoms with van der Waals surface area (Å²) in [5, 5.41) is 0. The quantitative estimate of drug-likeness (QED) is 0.827. The number of fused-ring (bicyclic) bond motifs is 1. The Labute approximate surface area is 141 Å². The van der Waals surface area contributed by atoms with Crippen LogP contribution in [0.25, 0.3) is 0 Å². The molecule has 24 heavy (non-hydrogen) atoms. The summed E-state index contributed by atoms with van der Waals surface area (Å²) in [4.78, 5) is 14.5. The highest BCUT2D eigenvalue weighted by Gasteiger charge is 2.49. The average molecular weight is 333 g/mol. The van der Waals surface area contributed by atoms with Crippen molar-refractivity contribution >= 4 is 5.91 Å². The van der Waals surface area contributed by atoms with Crippen LogP contribution in [-0.2, 0) is 9.47 Å². The molecule has 0 aromatic heterocycles. The van der Waals surface area contributed by atoms with Gasteiger partial charge >= 0.3 is 0 Å². The Morgan fingerprint density at radius 2 is 2.00 bits per heavy atom. The molecular weight excluding hydrogens is 310 g/mol. The van der Waals surface area contributed by atoms with E-state index in [1.807, 2.05) is 11.0 Å². The minimum absolute atomic E-state index is 0.0133. The number of rotatable bonds is 2. The molecule has 3 aliphatic rings. The standard InChI is InChI=1S/C18H23NO5/c1-21-14-5-8-24-18(10-14)11-19(12-18)17(20)13-3-4-15-16(9-13)23-7-2-6-22-15/h3-4,9,14H,2,5-8,10-12H2,1H3. The van der Waals surface area contributed by atoms with Gasteiger partial charge in [-0.15, -0.1) is 0 Å². The van der Waals surface area contributed by atoms with E-state index < -0.39 is 0 Å². The van der Waals surface area contributed by atoms with Crippen molar-refractivity contribution in [2.45, 2.75) is 31.0 Å². The first-order valence-corrected chi connectivity index (χ1v) is 8.55. The van der Waals surface area contributed by atoms with E-state index in [-0.39, 0.29) is 17.6 Å². The van der Waals surface area contributed by atoms with Crippen molar-refractivity contribution in [3.63, 3.8) is 0 Å². The first-order chi connectivity index (χ1) is 11.7. The SMILES string of the molecule is COC1CCOC2(C1)CN(C(=O)c1ccc3c(c1)OCCCO3)C2. The molecule has 2 saturated heterocycles. The highest BCUT2D eigenvalue weighted by atomic mass is 16.5. The molecule has 130 valence electrons. The van der Waals surface area contributed by atoms with Crippen LogP contribution in [0.1, 0.15) is 29.6 Å². The number of methoxy groups -OCH3 is 1. The minimum atomic E-state index is -0.222. The molecule has 2 fully saturated rings. The number of hydrogen-bond acceptors (Lipinski definition) is 5. The molecule has 6 heteroatoms. The largest absolute Gasteiger partial charge is 0.490 e. The fourth-order valence-electron chi connectivity index (χ4n) is 3.68. The number of nitrogens with zero attached hydrogens (tertiary/aromatic N) is 1. The van der Waals surface area contributed by atoms with E-state index in [0.717, 1.165) is 19.3 Å². The summed E-state index contributed by atoms with van der Waals surface area (Å²) in [7, 11) is 1.74. The molecule has 1 amide bonds. The number of likely N-dealkylation sites (tertiary alicyclic amines) is 1. The lowest BCUT2D eigenvalue weighted by Crippen LogP contribution is -2.67. The van der Waals surface area contributed by atoms with E-state index in [2.05, 4.69) is 0 Å². The van der Waals surface area contributed by atoms with Gasteiger partial charge in [-0.05, 0) is 24.6 Å². The number of amides is 1. The van der Waals surface area contributed by atoms with Gasteiger partial charge in [-0.2, -0.15) is 0 Å². The molecule has 3 aliphatic heterocycles. The predicted octanol–water partition coefficient (Wildman–Crippen LogP) is 1.87. The van der Waals surface area contributed by atoms with Gasteiger partial charge in [0.05, 0.1) is 32.4 Å². The maximum absolute atomic E-state index is 12.7. The van der Waals surface area contributed by atoms with Gasteiger partial charge in [0, 0.05) is 32.1 Å². The zero-order chi connectivity index (χ0) is 16.6. The molecule has 0 bridgehead atoms. The lowest BCUT2D eigenvalue weighted by atomic mass is 9.84. The summed E-state index contributed by atoms with van der Waals surface area (Å²) in [6.07, 6.45) is 2.86. The second kappa shape index (κ2) is 6.26. The third-order valence-electron chi connectivity index (χ3n) is 5.02. The van der Waals surface area contributed by atoms with Gasteiger partial charge in [-0.25, -0.2) is 0 Å². The summed E-state index contributed by atoms with van der Waals surface area (Å²) in [5.74, 6) is 1.38.